The van der Waals surface area contributed by atoms with Crippen LogP contribution in [0.1, 0.15) is 50.4 Å². The van der Waals surface area contributed by atoms with Crippen molar-refractivity contribution in [1.29, 1.82) is 0 Å². The van der Waals surface area contributed by atoms with Gasteiger partial charge in [0.15, 0.2) is 0 Å². The molecule has 1 aliphatic rings. The normalized spacial score (nSPS) is 17.6. The highest BCUT2D eigenvalue weighted by Gasteiger charge is 2.28. The summed E-state index contributed by atoms with van der Waals surface area (Å²) < 4.78 is 26.9. The number of sulfonamides is 1. The third-order valence-electron chi connectivity index (χ3n) is 4.79. The minimum absolute atomic E-state index is 0.0768. The Morgan fingerprint density at radius 1 is 1.19 bits per heavy atom. The number of aliphatic carboxylic acids is 1. The van der Waals surface area contributed by atoms with Gasteiger partial charge in [-0.1, -0.05) is 20.8 Å². The van der Waals surface area contributed by atoms with E-state index in [1.165, 1.54) is 28.6 Å². The average Bonchev–Trinajstić information content (AvgIpc) is 2.61. The molecule has 150 valence electrons. The Balaban J connectivity index is 2.09. The van der Waals surface area contributed by atoms with Crippen LogP contribution in [0.15, 0.2) is 29.2 Å². The number of rotatable bonds is 7. The third-order valence-corrected chi connectivity index (χ3v) is 6.71. The first-order valence-corrected chi connectivity index (χ1v) is 10.7. The van der Waals surface area contributed by atoms with Crippen LogP contribution in [0.2, 0.25) is 0 Å². The molecule has 1 aliphatic heterocycles. The van der Waals surface area contributed by atoms with Gasteiger partial charge in [0.05, 0.1) is 16.9 Å². The van der Waals surface area contributed by atoms with Crippen molar-refractivity contribution in [2.75, 3.05) is 13.1 Å². The molecule has 1 heterocycles. The number of hydrogen-bond donors (Lipinski definition) is 1. The zero-order valence-electron chi connectivity index (χ0n) is 16.0. The van der Waals surface area contributed by atoms with Crippen molar-refractivity contribution in [2.45, 2.75) is 51.0 Å². The van der Waals surface area contributed by atoms with Crippen LogP contribution < -0.4 is 10.4 Å². The van der Waals surface area contributed by atoms with E-state index in [1.807, 2.05) is 13.8 Å². The van der Waals surface area contributed by atoms with Gasteiger partial charge < -0.3 is 15.2 Å². The summed E-state index contributed by atoms with van der Waals surface area (Å²) in [7, 11) is -3.58. The van der Waals surface area contributed by atoms with E-state index in [9.17, 15) is 23.1 Å². The Kier molecular flexibility index (Phi) is 7.00. The number of carbonyl (C=O) groups excluding carboxylic acids is 2. The fraction of sp³-hybridized carbons (Fsp3) is 0.579. The maximum atomic E-state index is 12.7. The SMILES string of the molecule is CC(C)C[C@H](NC(=O)c1ccc(S(=O)(=O)N2CCC(C)CC2)cc1)C(=O)[O-]. The van der Waals surface area contributed by atoms with Crippen LogP contribution >= 0.6 is 0 Å². The molecule has 1 atom stereocenters. The summed E-state index contributed by atoms with van der Waals surface area (Å²) in [4.78, 5) is 23.6. The van der Waals surface area contributed by atoms with Gasteiger partial charge >= 0.3 is 0 Å². The van der Waals surface area contributed by atoms with Crippen molar-refractivity contribution in [3.8, 4) is 0 Å². The van der Waals surface area contributed by atoms with E-state index < -0.39 is 27.9 Å². The van der Waals surface area contributed by atoms with Crippen molar-refractivity contribution in [3.05, 3.63) is 29.8 Å². The fourth-order valence-electron chi connectivity index (χ4n) is 3.08. The number of nitrogens with zero attached hydrogens (tertiary/aromatic N) is 1. The number of carboxylic acid groups (broad SMARTS) is 1. The first-order chi connectivity index (χ1) is 12.6. The molecule has 1 aromatic carbocycles. The Morgan fingerprint density at radius 3 is 2.22 bits per heavy atom. The number of carbonyl (C=O) groups is 2. The number of amides is 1. The van der Waals surface area contributed by atoms with Crippen LogP contribution in [0.4, 0.5) is 0 Å². The van der Waals surface area contributed by atoms with E-state index >= 15 is 0 Å². The molecular weight excluding hydrogens is 368 g/mol. The second kappa shape index (κ2) is 8.84. The molecule has 8 heteroatoms. The number of hydrogen-bond acceptors (Lipinski definition) is 5. The minimum atomic E-state index is -3.58. The molecule has 27 heavy (non-hydrogen) atoms. The van der Waals surface area contributed by atoms with Crippen LogP contribution in [-0.4, -0.2) is 43.7 Å². The maximum absolute atomic E-state index is 12.7. The van der Waals surface area contributed by atoms with Gasteiger partial charge in [0, 0.05) is 18.7 Å². The molecule has 1 saturated heterocycles. The molecule has 1 amide bonds. The number of benzene rings is 1. The van der Waals surface area contributed by atoms with Gasteiger partial charge in [0.25, 0.3) is 5.91 Å². The van der Waals surface area contributed by atoms with Gasteiger partial charge in [-0.25, -0.2) is 8.42 Å². The van der Waals surface area contributed by atoms with Crippen molar-refractivity contribution < 1.29 is 23.1 Å². The first kappa shape index (κ1) is 21.4. The van der Waals surface area contributed by atoms with Crippen molar-refractivity contribution in [1.82, 2.24) is 9.62 Å². The Hall–Kier alpha value is -1.93. The predicted molar refractivity (Wildman–Crippen MR) is 99.3 cm³/mol. The molecule has 2 rings (SSSR count). The van der Waals surface area contributed by atoms with Gasteiger partial charge in [-0.15, -0.1) is 0 Å². The highest BCUT2D eigenvalue weighted by Crippen LogP contribution is 2.23. The summed E-state index contributed by atoms with van der Waals surface area (Å²) in [5, 5.41) is 13.6. The average molecular weight is 396 g/mol. The molecular formula is C19H27N2O5S-. The van der Waals surface area contributed by atoms with E-state index in [1.54, 1.807) is 0 Å². The molecule has 1 aromatic rings. The Labute approximate surface area is 160 Å². The van der Waals surface area contributed by atoms with E-state index in [2.05, 4.69) is 12.2 Å². The molecule has 0 bridgehead atoms. The van der Waals surface area contributed by atoms with Gasteiger partial charge in [0.2, 0.25) is 10.0 Å². The van der Waals surface area contributed by atoms with Crippen molar-refractivity contribution in [2.24, 2.45) is 11.8 Å². The van der Waals surface area contributed by atoms with Gasteiger partial charge in [0.1, 0.15) is 0 Å². The van der Waals surface area contributed by atoms with Crippen LogP contribution in [0.3, 0.4) is 0 Å². The summed E-state index contributed by atoms with van der Waals surface area (Å²) in [5.41, 5.74) is 0.205. The lowest BCUT2D eigenvalue weighted by Gasteiger charge is -2.29. The molecule has 0 aromatic heterocycles. The topological polar surface area (TPSA) is 107 Å². The molecule has 7 nitrogen and oxygen atoms in total. The zero-order chi connectivity index (χ0) is 20.2. The Morgan fingerprint density at radius 2 is 1.74 bits per heavy atom. The number of piperidine rings is 1. The summed E-state index contributed by atoms with van der Waals surface area (Å²) in [6.45, 7) is 6.80. The van der Waals surface area contributed by atoms with Crippen LogP contribution in [-0.2, 0) is 14.8 Å². The van der Waals surface area contributed by atoms with Gasteiger partial charge in [-0.3, -0.25) is 4.79 Å². The zero-order valence-corrected chi connectivity index (χ0v) is 16.8. The number of carboxylic acids is 1. The highest BCUT2D eigenvalue weighted by molar-refractivity contribution is 7.89. The molecule has 0 radical (unpaired) electrons. The lowest BCUT2D eigenvalue weighted by Crippen LogP contribution is -2.48. The van der Waals surface area contributed by atoms with Gasteiger partial charge in [-0.2, -0.15) is 4.31 Å². The summed E-state index contributed by atoms with van der Waals surface area (Å²) in [5.74, 6) is -1.31. The number of nitrogens with one attached hydrogen (secondary N) is 1. The third kappa shape index (κ3) is 5.52. The smallest absolute Gasteiger partial charge is 0.251 e. The van der Waals surface area contributed by atoms with E-state index in [4.69, 9.17) is 0 Å². The predicted octanol–water partition coefficient (Wildman–Crippen LogP) is 1.00. The largest absolute Gasteiger partial charge is 0.548 e. The lowest BCUT2D eigenvalue weighted by atomic mass is 10.0. The highest BCUT2D eigenvalue weighted by atomic mass is 32.2. The van der Waals surface area contributed by atoms with Crippen LogP contribution in [0, 0.1) is 11.8 Å². The van der Waals surface area contributed by atoms with Crippen LogP contribution in [0.25, 0.3) is 0 Å². The standard InChI is InChI=1S/C19H28N2O5S/c1-13(2)12-17(19(23)24)20-18(22)15-4-6-16(7-5-15)27(25,26)21-10-8-14(3)9-11-21/h4-7,13-14,17H,8-12H2,1-3H3,(H,20,22)(H,23,24)/p-1/t17-/m0/s1. The molecule has 1 fully saturated rings. The summed E-state index contributed by atoms with van der Waals surface area (Å²) in [6.07, 6.45) is 1.92. The second-order valence-electron chi connectivity index (χ2n) is 7.59. The van der Waals surface area contributed by atoms with E-state index in [0.717, 1.165) is 12.8 Å². The van der Waals surface area contributed by atoms with E-state index in [0.29, 0.717) is 19.0 Å². The molecule has 0 unspecified atom stereocenters. The van der Waals surface area contributed by atoms with Crippen molar-refractivity contribution in [3.63, 3.8) is 0 Å². The second-order valence-corrected chi connectivity index (χ2v) is 9.52. The lowest BCUT2D eigenvalue weighted by molar-refractivity contribution is -0.308. The summed E-state index contributed by atoms with van der Waals surface area (Å²) >= 11 is 0. The van der Waals surface area contributed by atoms with Crippen molar-refractivity contribution >= 4 is 21.9 Å². The monoisotopic (exact) mass is 395 g/mol. The minimum Gasteiger partial charge on any atom is -0.548 e. The van der Waals surface area contributed by atoms with Crippen LogP contribution in [0.5, 0.6) is 0 Å². The fourth-order valence-corrected chi connectivity index (χ4v) is 4.55. The Bertz CT molecular complexity index is 766. The molecule has 0 spiro atoms. The molecule has 1 N–H and O–H groups in total. The summed E-state index contributed by atoms with van der Waals surface area (Å²) in [6, 6.07) is 4.49. The molecule has 0 aliphatic carbocycles. The first-order valence-electron chi connectivity index (χ1n) is 9.23. The maximum Gasteiger partial charge on any atom is 0.251 e. The van der Waals surface area contributed by atoms with E-state index in [-0.39, 0.29) is 22.8 Å². The quantitative estimate of drug-likeness (QED) is 0.741. The van der Waals surface area contributed by atoms with Gasteiger partial charge in [-0.05, 0) is 55.4 Å². The molecule has 0 saturated carbocycles.